The summed E-state index contributed by atoms with van der Waals surface area (Å²) in [6, 6.07) is 7.03. The van der Waals surface area contributed by atoms with Gasteiger partial charge in [0.2, 0.25) is 5.91 Å². The van der Waals surface area contributed by atoms with E-state index in [4.69, 9.17) is 24.7 Å². The van der Waals surface area contributed by atoms with Gasteiger partial charge in [-0.15, -0.1) is 0 Å². The summed E-state index contributed by atoms with van der Waals surface area (Å²) in [5.74, 6) is -0.992. The minimum absolute atomic E-state index is 0.0260. The first-order chi connectivity index (χ1) is 25.3. The molecule has 0 bridgehead atoms. The lowest BCUT2D eigenvalue weighted by molar-refractivity contribution is -0.143. The van der Waals surface area contributed by atoms with Crippen molar-refractivity contribution in [3.05, 3.63) is 58.1 Å². The molecule has 13 nitrogen and oxygen atoms in total. The average Bonchev–Trinajstić information content (AvgIpc) is 3.30. The second-order valence-corrected chi connectivity index (χ2v) is 14.7. The van der Waals surface area contributed by atoms with E-state index in [1.54, 1.807) is 52.0 Å². The van der Waals surface area contributed by atoms with Crippen molar-refractivity contribution in [3.63, 3.8) is 0 Å². The Morgan fingerprint density at radius 3 is 2.32 bits per heavy atom. The van der Waals surface area contributed by atoms with Crippen molar-refractivity contribution < 1.29 is 47.7 Å². The van der Waals surface area contributed by atoms with Gasteiger partial charge in [-0.3, -0.25) is 14.4 Å². The van der Waals surface area contributed by atoms with Crippen LogP contribution in [0.25, 0.3) is 0 Å². The summed E-state index contributed by atoms with van der Waals surface area (Å²) < 4.78 is 27.2. The van der Waals surface area contributed by atoms with Gasteiger partial charge in [0, 0.05) is 12.0 Å². The van der Waals surface area contributed by atoms with Crippen LogP contribution in [0.4, 0.5) is 4.79 Å². The zero-order chi connectivity index (χ0) is 38.5. The number of hydrogen-bond acceptors (Lipinski definition) is 10. The highest BCUT2D eigenvalue weighted by atomic mass is 16.6. The summed E-state index contributed by atoms with van der Waals surface area (Å²) in [5, 5.41) is 5.86. The molecular weight excluding hydrogens is 682 g/mol. The van der Waals surface area contributed by atoms with E-state index in [-0.39, 0.29) is 37.4 Å². The number of methoxy groups -OCH3 is 1. The molecule has 3 amide bonds. The average molecular weight is 738 g/mol. The molecule has 0 radical (unpaired) electrons. The fourth-order valence-electron chi connectivity index (χ4n) is 6.79. The Kier molecular flexibility index (Phi) is 14.9. The molecule has 2 aliphatic rings. The number of hydrogen-bond donors (Lipinski definition) is 3. The summed E-state index contributed by atoms with van der Waals surface area (Å²) in [5.41, 5.74) is 8.10. The molecule has 1 saturated carbocycles. The topological polar surface area (TPSA) is 182 Å². The lowest BCUT2D eigenvalue weighted by Crippen LogP contribution is -2.50. The number of nitrogens with two attached hydrogens (primary N) is 1. The minimum Gasteiger partial charge on any atom is -0.492 e. The van der Waals surface area contributed by atoms with Gasteiger partial charge in [0.1, 0.15) is 23.1 Å². The molecule has 290 valence electrons. The molecule has 0 aromatic heterocycles. The van der Waals surface area contributed by atoms with Crippen LogP contribution in [0.2, 0.25) is 0 Å². The Labute approximate surface area is 312 Å². The van der Waals surface area contributed by atoms with Crippen LogP contribution in [0.15, 0.2) is 30.3 Å². The highest BCUT2D eigenvalue weighted by Gasteiger charge is 2.30. The van der Waals surface area contributed by atoms with Crippen molar-refractivity contribution in [3.8, 4) is 11.5 Å². The summed E-state index contributed by atoms with van der Waals surface area (Å²) in [6.07, 6.45) is 7.94. The van der Waals surface area contributed by atoms with Crippen molar-refractivity contribution in [2.75, 3.05) is 26.9 Å². The van der Waals surface area contributed by atoms with Gasteiger partial charge in [-0.25, -0.2) is 9.59 Å². The van der Waals surface area contributed by atoms with Crippen molar-refractivity contribution >= 4 is 29.8 Å². The number of benzene rings is 2. The number of esters is 2. The van der Waals surface area contributed by atoms with E-state index < -0.39 is 47.5 Å². The molecule has 2 aromatic carbocycles. The maximum Gasteiger partial charge on any atom is 0.408 e. The molecule has 0 unspecified atom stereocenters. The first kappa shape index (κ1) is 41.0. The first-order valence-electron chi connectivity index (χ1n) is 18.6. The molecule has 2 atom stereocenters. The molecule has 2 aliphatic carbocycles. The highest BCUT2D eigenvalue weighted by molar-refractivity contribution is 5.96. The summed E-state index contributed by atoms with van der Waals surface area (Å²) in [6.45, 7) is 7.20. The van der Waals surface area contributed by atoms with Gasteiger partial charge in [-0.05, 0) is 101 Å². The van der Waals surface area contributed by atoms with Crippen LogP contribution in [0, 0.1) is 5.92 Å². The van der Waals surface area contributed by atoms with Crippen LogP contribution >= 0.6 is 0 Å². The van der Waals surface area contributed by atoms with Gasteiger partial charge in [0.15, 0.2) is 6.61 Å². The third kappa shape index (κ3) is 12.7. The predicted octanol–water partition coefficient (Wildman–Crippen LogP) is 5.42. The summed E-state index contributed by atoms with van der Waals surface area (Å²) >= 11 is 0. The maximum absolute atomic E-state index is 14.2. The van der Waals surface area contributed by atoms with E-state index in [0.717, 1.165) is 43.2 Å². The van der Waals surface area contributed by atoms with E-state index in [9.17, 15) is 24.0 Å². The normalized spacial score (nSPS) is 16.6. The van der Waals surface area contributed by atoms with E-state index in [2.05, 4.69) is 15.4 Å². The van der Waals surface area contributed by atoms with Gasteiger partial charge in [0.25, 0.3) is 5.91 Å². The Hall–Kier alpha value is -4.81. The van der Waals surface area contributed by atoms with Gasteiger partial charge < -0.3 is 40.1 Å². The van der Waals surface area contributed by atoms with Crippen LogP contribution in [-0.4, -0.2) is 68.4 Å². The van der Waals surface area contributed by atoms with Crippen molar-refractivity contribution in [2.45, 2.75) is 116 Å². The number of alkyl carbamates (subject to hydrolysis) is 1. The molecule has 53 heavy (non-hydrogen) atoms. The molecule has 4 rings (SSSR count). The number of aryl methyl sites for hydroxylation is 1. The zero-order valence-electron chi connectivity index (χ0n) is 31.7. The monoisotopic (exact) mass is 737 g/mol. The number of carbonyl (C=O) groups is 5. The van der Waals surface area contributed by atoms with E-state index >= 15 is 0 Å². The number of carbonyl (C=O) groups excluding carboxylic acids is 5. The fourth-order valence-corrected chi connectivity index (χ4v) is 6.79. The number of amides is 3. The maximum atomic E-state index is 14.2. The van der Waals surface area contributed by atoms with Crippen LogP contribution in [0.3, 0.4) is 0 Å². The fraction of sp³-hybridized carbons (Fsp3) is 0.575. The predicted molar refractivity (Wildman–Crippen MR) is 197 cm³/mol. The van der Waals surface area contributed by atoms with Crippen molar-refractivity contribution in [2.24, 2.45) is 11.7 Å². The van der Waals surface area contributed by atoms with E-state index in [0.29, 0.717) is 35.8 Å². The van der Waals surface area contributed by atoms with Gasteiger partial charge in [-0.1, -0.05) is 37.8 Å². The van der Waals surface area contributed by atoms with Gasteiger partial charge in [-0.2, -0.15) is 0 Å². The Morgan fingerprint density at radius 2 is 1.64 bits per heavy atom. The largest absolute Gasteiger partial charge is 0.492 e. The highest BCUT2D eigenvalue weighted by Crippen LogP contribution is 2.35. The van der Waals surface area contributed by atoms with Gasteiger partial charge >= 0.3 is 18.0 Å². The summed E-state index contributed by atoms with van der Waals surface area (Å²) in [4.78, 5) is 64.2. The first-order valence-corrected chi connectivity index (χ1v) is 18.6. The zero-order valence-corrected chi connectivity index (χ0v) is 31.7. The third-order valence-corrected chi connectivity index (χ3v) is 9.37. The lowest BCUT2D eigenvalue weighted by atomic mass is 9.90. The quantitative estimate of drug-likeness (QED) is 0.121. The molecule has 0 saturated heterocycles. The van der Waals surface area contributed by atoms with Crippen LogP contribution in [0.5, 0.6) is 11.5 Å². The molecule has 4 N–H and O–H groups in total. The molecule has 2 aromatic rings. The third-order valence-electron chi connectivity index (χ3n) is 9.37. The molecule has 13 heteroatoms. The molecular formula is C40H55N3O10. The summed E-state index contributed by atoms with van der Waals surface area (Å²) in [7, 11) is 1.24. The Morgan fingerprint density at radius 1 is 0.906 bits per heavy atom. The second kappa shape index (κ2) is 19.3. The standard InChI is InChI=1S/C40H55N3O10/c1-6-50-35(44)21-28-18-26(16-17-33(28)52-24-36(45)49-5)19-32(43-39(48)53-40(2,3)4)38(47)42-31-15-11-10-14-27-20-34(30(37(41)46)22-29(27)31)51-23-25-12-8-7-9-13-25/h16-18,20,22,25,31-32H,6-15,19,21,23-24H2,1-5H3,(H2,41,46)(H,42,47)(H,43,48)/t31-,32-/m0/s1. The molecule has 0 aliphatic heterocycles. The minimum atomic E-state index is -1.09. The number of rotatable bonds is 15. The van der Waals surface area contributed by atoms with Gasteiger partial charge in [0.05, 0.1) is 38.3 Å². The second-order valence-electron chi connectivity index (χ2n) is 14.7. The molecule has 0 heterocycles. The lowest BCUT2D eigenvalue weighted by Gasteiger charge is -2.27. The Balaban J connectivity index is 1.61. The number of fused-ring (bicyclic) bond motifs is 1. The Bertz CT molecular complexity index is 1610. The van der Waals surface area contributed by atoms with Crippen LogP contribution in [0.1, 0.15) is 118 Å². The smallest absolute Gasteiger partial charge is 0.408 e. The SMILES string of the molecule is CCOC(=O)Cc1cc(C[C@H](NC(=O)OC(C)(C)C)C(=O)N[C@H]2CCCCc3cc(OCC4CCCCC4)c(C(N)=O)cc32)ccc1OCC(=O)OC. The van der Waals surface area contributed by atoms with Crippen molar-refractivity contribution in [1.29, 1.82) is 0 Å². The number of nitrogens with one attached hydrogen (secondary N) is 2. The van der Waals surface area contributed by atoms with Crippen LogP contribution in [-0.2, 0) is 47.9 Å². The van der Waals surface area contributed by atoms with Crippen LogP contribution < -0.4 is 25.8 Å². The molecule has 0 spiro atoms. The molecule has 1 fully saturated rings. The van der Waals surface area contributed by atoms with E-state index in [1.165, 1.54) is 26.4 Å². The number of primary amides is 1. The van der Waals surface area contributed by atoms with Crippen molar-refractivity contribution in [1.82, 2.24) is 10.6 Å². The number of ether oxygens (including phenoxy) is 5. The van der Waals surface area contributed by atoms with E-state index in [1.807, 2.05) is 6.07 Å².